The monoisotopic (exact) mass is 530 g/mol. The minimum atomic E-state index is -5.59. The van der Waals surface area contributed by atoms with Crippen LogP contribution in [0.5, 0.6) is 5.75 Å². The second-order valence-electron chi connectivity index (χ2n) is 8.36. The molecule has 12 heteroatoms. The number of rotatable bonds is 8. The minimum Gasteiger partial charge on any atom is -0.506 e. The molecule has 0 aliphatic carbocycles. The van der Waals surface area contributed by atoms with Crippen molar-refractivity contribution >= 4 is 23.1 Å². The first kappa shape index (κ1) is 28.0. The van der Waals surface area contributed by atoms with Gasteiger partial charge in [-0.3, -0.25) is 9.89 Å². The standard InChI is InChI=1S/C25H24F6N2O4/c1-2-18(32-15-8-6-7-14(11-15)13-33-9-4-3-5-10-33)19(24(35)36)22(34)16-12-17(26)21(28)23(20(16)27)37-25(29,30)31/h6-8,11-12,34H,2-5,9-10,13H2,1H3,(H,35,36). The highest BCUT2D eigenvalue weighted by molar-refractivity contribution is 6.24. The number of hydrogen-bond donors (Lipinski definition) is 2. The van der Waals surface area contributed by atoms with Crippen molar-refractivity contribution in [1.29, 1.82) is 0 Å². The maximum absolute atomic E-state index is 14.7. The number of carbonyl (C=O) groups is 1. The molecule has 3 rings (SSSR count). The highest BCUT2D eigenvalue weighted by Crippen LogP contribution is 2.35. The Labute approximate surface area is 208 Å². The topological polar surface area (TPSA) is 82.4 Å². The Morgan fingerprint density at radius 3 is 2.32 bits per heavy atom. The third-order valence-corrected chi connectivity index (χ3v) is 5.69. The van der Waals surface area contributed by atoms with Crippen molar-refractivity contribution in [3.63, 3.8) is 0 Å². The summed E-state index contributed by atoms with van der Waals surface area (Å²) < 4.78 is 83.5. The summed E-state index contributed by atoms with van der Waals surface area (Å²) in [6.45, 7) is 3.99. The number of halogens is 6. The van der Waals surface area contributed by atoms with Gasteiger partial charge in [0, 0.05) is 6.54 Å². The van der Waals surface area contributed by atoms with Crippen molar-refractivity contribution in [3.05, 3.63) is 64.5 Å². The van der Waals surface area contributed by atoms with Crippen LogP contribution < -0.4 is 4.74 Å². The van der Waals surface area contributed by atoms with E-state index in [1.807, 2.05) is 6.07 Å². The number of ether oxygens (including phenoxy) is 1. The molecule has 6 nitrogen and oxygen atoms in total. The van der Waals surface area contributed by atoms with E-state index >= 15 is 0 Å². The molecule has 2 N–H and O–H groups in total. The molecule has 0 atom stereocenters. The zero-order valence-electron chi connectivity index (χ0n) is 19.7. The highest BCUT2D eigenvalue weighted by Gasteiger charge is 2.37. The van der Waals surface area contributed by atoms with Crippen LogP contribution in [0.25, 0.3) is 5.76 Å². The number of piperidine rings is 1. The molecule has 0 saturated carbocycles. The number of aliphatic imine (C=N–C) groups is 1. The number of benzene rings is 2. The second kappa shape index (κ2) is 11.7. The van der Waals surface area contributed by atoms with Gasteiger partial charge >= 0.3 is 12.3 Å². The van der Waals surface area contributed by atoms with Crippen LogP contribution in [0.15, 0.2) is 40.9 Å². The fourth-order valence-electron chi connectivity index (χ4n) is 4.02. The van der Waals surface area contributed by atoms with Gasteiger partial charge in [-0.2, -0.15) is 4.39 Å². The maximum Gasteiger partial charge on any atom is 0.573 e. The molecule has 1 aliphatic heterocycles. The zero-order valence-corrected chi connectivity index (χ0v) is 19.7. The number of aliphatic carboxylic acids is 1. The Bertz CT molecular complexity index is 1220. The molecular weight excluding hydrogens is 506 g/mol. The summed E-state index contributed by atoms with van der Waals surface area (Å²) in [5.41, 5.74) is -1.40. The average Bonchev–Trinajstić information content (AvgIpc) is 2.83. The zero-order chi connectivity index (χ0) is 27.3. The van der Waals surface area contributed by atoms with E-state index in [-0.39, 0.29) is 18.2 Å². The van der Waals surface area contributed by atoms with Gasteiger partial charge in [-0.1, -0.05) is 25.5 Å². The lowest BCUT2D eigenvalue weighted by atomic mass is 10.0. The molecule has 1 fully saturated rings. The van der Waals surface area contributed by atoms with Gasteiger partial charge in [0.25, 0.3) is 0 Å². The van der Waals surface area contributed by atoms with Gasteiger partial charge in [0.1, 0.15) is 11.3 Å². The fraction of sp³-hybridized carbons (Fsp3) is 0.360. The molecule has 1 saturated heterocycles. The van der Waals surface area contributed by atoms with Gasteiger partial charge in [-0.15, -0.1) is 13.2 Å². The van der Waals surface area contributed by atoms with Crippen LogP contribution in [0.1, 0.15) is 43.7 Å². The lowest BCUT2D eigenvalue weighted by Gasteiger charge is -2.26. The molecule has 37 heavy (non-hydrogen) atoms. The summed E-state index contributed by atoms with van der Waals surface area (Å²) in [5, 5.41) is 20.3. The Hall–Kier alpha value is -3.54. The van der Waals surface area contributed by atoms with Crippen LogP contribution in [-0.4, -0.2) is 46.2 Å². The lowest BCUT2D eigenvalue weighted by Crippen LogP contribution is -2.29. The SMILES string of the molecule is CCC(=Nc1cccc(CN2CCCCC2)c1)C(C(=O)O)=C(O)c1cc(F)c(F)c(OC(F)(F)F)c1F. The van der Waals surface area contributed by atoms with Crippen molar-refractivity contribution < 1.29 is 46.1 Å². The smallest absolute Gasteiger partial charge is 0.506 e. The third kappa shape index (κ3) is 7.03. The van der Waals surface area contributed by atoms with Crippen LogP contribution in [0.4, 0.5) is 32.0 Å². The van der Waals surface area contributed by atoms with E-state index in [1.54, 1.807) is 18.2 Å². The van der Waals surface area contributed by atoms with Gasteiger partial charge in [-0.25, -0.2) is 13.6 Å². The molecule has 0 radical (unpaired) electrons. The van der Waals surface area contributed by atoms with Crippen molar-refractivity contribution in [2.75, 3.05) is 13.1 Å². The Morgan fingerprint density at radius 2 is 1.73 bits per heavy atom. The van der Waals surface area contributed by atoms with E-state index in [1.165, 1.54) is 6.92 Å². The molecule has 2 aromatic carbocycles. The number of aliphatic hydroxyl groups is 1. The number of aliphatic hydroxyl groups excluding tert-OH is 1. The van der Waals surface area contributed by atoms with Gasteiger partial charge in [-0.05, 0) is 56.1 Å². The molecule has 200 valence electrons. The lowest BCUT2D eigenvalue weighted by molar-refractivity contribution is -0.276. The Balaban J connectivity index is 2.06. The van der Waals surface area contributed by atoms with Crippen LogP contribution in [0.3, 0.4) is 0 Å². The molecule has 0 bridgehead atoms. The highest BCUT2D eigenvalue weighted by atomic mass is 19.4. The van der Waals surface area contributed by atoms with Gasteiger partial charge in [0.2, 0.25) is 11.6 Å². The van der Waals surface area contributed by atoms with Crippen LogP contribution >= 0.6 is 0 Å². The Morgan fingerprint density at radius 1 is 1.05 bits per heavy atom. The van der Waals surface area contributed by atoms with E-state index < -0.39 is 52.4 Å². The first-order chi connectivity index (χ1) is 17.4. The normalized spacial score (nSPS) is 15.9. The molecule has 0 spiro atoms. The van der Waals surface area contributed by atoms with E-state index in [0.29, 0.717) is 12.2 Å². The van der Waals surface area contributed by atoms with E-state index in [2.05, 4.69) is 14.6 Å². The van der Waals surface area contributed by atoms with Crippen LogP contribution in [0.2, 0.25) is 0 Å². The number of alkyl halides is 3. The summed E-state index contributed by atoms with van der Waals surface area (Å²) >= 11 is 0. The molecule has 1 heterocycles. The maximum atomic E-state index is 14.7. The van der Waals surface area contributed by atoms with E-state index in [4.69, 9.17) is 0 Å². The average molecular weight is 530 g/mol. The van der Waals surface area contributed by atoms with Crippen molar-refractivity contribution in [2.45, 2.75) is 45.5 Å². The molecule has 0 amide bonds. The van der Waals surface area contributed by atoms with Crippen molar-refractivity contribution in [2.24, 2.45) is 4.99 Å². The Kier molecular flexibility index (Phi) is 8.85. The summed E-state index contributed by atoms with van der Waals surface area (Å²) in [6, 6.07) is 6.88. The molecular formula is C25H24F6N2O4. The van der Waals surface area contributed by atoms with Crippen molar-refractivity contribution in [3.8, 4) is 5.75 Å². The first-order valence-electron chi connectivity index (χ1n) is 11.4. The molecule has 0 unspecified atom stereocenters. The molecule has 1 aliphatic rings. The fourth-order valence-corrected chi connectivity index (χ4v) is 4.02. The number of likely N-dealkylation sites (tertiary alicyclic amines) is 1. The predicted octanol–water partition coefficient (Wildman–Crippen LogP) is 6.52. The number of carboxylic acids is 1. The van der Waals surface area contributed by atoms with Gasteiger partial charge in [0.15, 0.2) is 11.6 Å². The van der Waals surface area contributed by atoms with E-state index in [9.17, 15) is 41.4 Å². The second-order valence-corrected chi connectivity index (χ2v) is 8.36. The van der Waals surface area contributed by atoms with Crippen LogP contribution in [-0.2, 0) is 11.3 Å². The number of nitrogens with zero attached hydrogens (tertiary/aromatic N) is 2. The van der Waals surface area contributed by atoms with Crippen LogP contribution in [0, 0.1) is 17.5 Å². The first-order valence-corrected chi connectivity index (χ1v) is 11.4. The summed E-state index contributed by atoms with van der Waals surface area (Å²) in [5.74, 6) is -11.8. The number of hydrogen-bond acceptors (Lipinski definition) is 5. The molecule has 2 aromatic rings. The van der Waals surface area contributed by atoms with E-state index in [0.717, 1.165) is 37.9 Å². The molecule has 0 aromatic heterocycles. The predicted molar refractivity (Wildman–Crippen MR) is 123 cm³/mol. The number of carboxylic acid groups (broad SMARTS) is 1. The van der Waals surface area contributed by atoms with Gasteiger partial charge in [0.05, 0.1) is 17.0 Å². The third-order valence-electron chi connectivity index (χ3n) is 5.69. The summed E-state index contributed by atoms with van der Waals surface area (Å²) in [6.07, 6.45) is -2.37. The quantitative estimate of drug-likeness (QED) is 0.133. The van der Waals surface area contributed by atoms with Gasteiger partial charge < -0.3 is 14.9 Å². The summed E-state index contributed by atoms with van der Waals surface area (Å²) in [7, 11) is 0. The largest absolute Gasteiger partial charge is 0.573 e. The van der Waals surface area contributed by atoms with Crippen molar-refractivity contribution in [1.82, 2.24) is 4.90 Å². The minimum absolute atomic E-state index is 0.0404. The summed E-state index contributed by atoms with van der Waals surface area (Å²) in [4.78, 5) is 18.5.